The number of benzene rings is 1. The zero-order valence-corrected chi connectivity index (χ0v) is 14.8. The van der Waals surface area contributed by atoms with Crippen LogP contribution in [0.25, 0.3) is 0 Å². The van der Waals surface area contributed by atoms with Gasteiger partial charge in [0.2, 0.25) is 0 Å². The summed E-state index contributed by atoms with van der Waals surface area (Å²) in [6.45, 7) is 7.54. The molecule has 0 bridgehead atoms. The smallest absolute Gasteiger partial charge is 0.313 e. The van der Waals surface area contributed by atoms with Gasteiger partial charge in [-0.15, -0.1) is 0 Å². The van der Waals surface area contributed by atoms with Gasteiger partial charge in [0.15, 0.2) is 0 Å². The van der Waals surface area contributed by atoms with Crippen molar-refractivity contribution in [3.8, 4) is 0 Å². The molecular formula is C19H30N2O2. The summed E-state index contributed by atoms with van der Waals surface area (Å²) in [7, 11) is 1.44. The van der Waals surface area contributed by atoms with Crippen molar-refractivity contribution >= 4 is 17.3 Å². The Morgan fingerprint density at radius 1 is 1.39 bits per heavy atom. The van der Waals surface area contributed by atoms with E-state index in [0.717, 1.165) is 42.2 Å². The van der Waals surface area contributed by atoms with Crippen LogP contribution in [0.4, 0.5) is 11.4 Å². The Morgan fingerprint density at radius 3 is 2.57 bits per heavy atom. The minimum atomic E-state index is -0.225. The lowest BCUT2D eigenvalue weighted by Crippen LogP contribution is -2.33. The first-order valence-electron chi connectivity index (χ1n) is 8.71. The summed E-state index contributed by atoms with van der Waals surface area (Å²) in [6.07, 6.45) is 4.35. The van der Waals surface area contributed by atoms with Crippen molar-refractivity contribution < 1.29 is 9.53 Å². The molecule has 1 saturated carbocycles. The molecule has 0 amide bonds. The van der Waals surface area contributed by atoms with Gasteiger partial charge < -0.3 is 15.4 Å². The Balaban J connectivity index is 2.25. The van der Waals surface area contributed by atoms with E-state index >= 15 is 0 Å². The van der Waals surface area contributed by atoms with Gasteiger partial charge in [-0.25, -0.2) is 0 Å². The molecule has 0 saturated heterocycles. The summed E-state index contributed by atoms with van der Waals surface area (Å²) in [6, 6.07) is 6.47. The fraction of sp³-hybridized carbons (Fsp3) is 0.632. The molecule has 0 heterocycles. The molecule has 4 heteroatoms. The van der Waals surface area contributed by atoms with Gasteiger partial charge >= 0.3 is 5.97 Å². The zero-order chi connectivity index (χ0) is 17.0. The molecule has 1 aromatic carbocycles. The molecule has 1 aromatic rings. The average molecular weight is 318 g/mol. The van der Waals surface area contributed by atoms with Crippen LogP contribution in [0, 0.1) is 5.92 Å². The number of esters is 1. The van der Waals surface area contributed by atoms with E-state index in [2.05, 4.69) is 31.7 Å². The summed E-state index contributed by atoms with van der Waals surface area (Å²) >= 11 is 0. The summed E-state index contributed by atoms with van der Waals surface area (Å²) in [5.41, 5.74) is 9.12. The molecule has 1 atom stereocenters. The van der Waals surface area contributed by atoms with Gasteiger partial charge in [-0.1, -0.05) is 19.4 Å². The molecule has 1 fully saturated rings. The Morgan fingerprint density at radius 2 is 2.09 bits per heavy atom. The number of carbonyl (C=O) groups is 1. The van der Waals surface area contributed by atoms with Crippen molar-refractivity contribution in [2.75, 3.05) is 24.3 Å². The van der Waals surface area contributed by atoms with E-state index in [0.29, 0.717) is 6.04 Å². The molecule has 2 N–H and O–H groups in total. The number of ether oxygens (including phenoxy) is 1. The average Bonchev–Trinajstić information content (AvgIpc) is 3.34. The highest BCUT2D eigenvalue weighted by Gasteiger charge is 2.27. The molecule has 1 aliphatic carbocycles. The molecule has 0 radical (unpaired) electrons. The molecule has 1 unspecified atom stereocenters. The van der Waals surface area contributed by atoms with Crippen LogP contribution in [-0.2, 0) is 9.53 Å². The molecule has 128 valence electrons. The lowest BCUT2D eigenvalue weighted by Gasteiger charge is -2.31. The fourth-order valence-electron chi connectivity index (χ4n) is 3.07. The third-order valence-electron chi connectivity index (χ3n) is 4.60. The summed E-state index contributed by atoms with van der Waals surface area (Å²) in [5, 5.41) is 0. The number of hydrogen-bond donors (Lipinski definition) is 1. The van der Waals surface area contributed by atoms with Crippen LogP contribution >= 0.6 is 0 Å². The molecule has 0 aliphatic heterocycles. The minimum absolute atomic E-state index is 0.183. The predicted octanol–water partition coefficient (Wildman–Crippen LogP) is 3.95. The number of anilines is 2. The SMILES string of the molecule is CCCC(C(=O)OC)c1ccc(N(CC2CC2)C(C)C)c(N)c1. The molecule has 0 aromatic heterocycles. The Bertz CT molecular complexity index is 538. The van der Waals surface area contributed by atoms with Crippen molar-refractivity contribution in [2.24, 2.45) is 5.92 Å². The Hall–Kier alpha value is -1.71. The minimum Gasteiger partial charge on any atom is -0.469 e. The van der Waals surface area contributed by atoms with Gasteiger partial charge in [-0.2, -0.15) is 0 Å². The van der Waals surface area contributed by atoms with E-state index in [1.54, 1.807) is 0 Å². The van der Waals surface area contributed by atoms with E-state index in [-0.39, 0.29) is 11.9 Å². The number of rotatable bonds is 8. The van der Waals surface area contributed by atoms with Gasteiger partial charge in [0.05, 0.1) is 24.4 Å². The standard InChI is InChI=1S/C19H30N2O2/c1-5-6-16(19(22)23-4)15-9-10-18(17(20)11-15)21(13(2)3)12-14-7-8-14/h9-11,13-14,16H,5-8,12,20H2,1-4H3. The number of nitrogens with zero attached hydrogens (tertiary/aromatic N) is 1. The van der Waals surface area contributed by atoms with Gasteiger partial charge in [0.1, 0.15) is 0 Å². The summed E-state index contributed by atoms with van der Waals surface area (Å²) < 4.78 is 4.95. The lowest BCUT2D eigenvalue weighted by atomic mass is 9.93. The summed E-state index contributed by atoms with van der Waals surface area (Å²) in [4.78, 5) is 14.4. The van der Waals surface area contributed by atoms with E-state index in [1.807, 2.05) is 12.1 Å². The largest absolute Gasteiger partial charge is 0.469 e. The van der Waals surface area contributed by atoms with Gasteiger partial charge in [-0.3, -0.25) is 4.79 Å². The third kappa shape index (κ3) is 4.40. The number of hydrogen-bond acceptors (Lipinski definition) is 4. The topological polar surface area (TPSA) is 55.6 Å². The second-order valence-corrected chi connectivity index (χ2v) is 6.87. The second-order valence-electron chi connectivity index (χ2n) is 6.87. The van der Waals surface area contributed by atoms with Crippen LogP contribution in [0.3, 0.4) is 0 Å². The maximum absolute atomic E-state index is 12.0. The van der Waals surface area contributed by atoms with Crippen molar-refractivity contribution in [3.63, 3.8) is 0 Å². The van der Waals surface area contributed by atoms with E-state index in [9.17, 15) is 4.79 Å². The van der Waals surface area contributed by atoms with Gasteiger partial charge in [0.25, 0.3) is 0 Å². The van der Waals surface area contributed by atoms with E-state index in [1.165, 1.54) is 20.0 Å². The highest BCUT2D eigenvalue weighted by molar-refractivity contribution is 5.80. The second kappa shape index (κ2) is 7.71. The van der Waals surface area contributed by atoms with E-state index in [4.69, 9.17) is 10.5 Å². The lowest BCUT2D eigenvalue weighted by molar-refractivity contribution is -0.142. The highest BCUT2D eigenvalue weighted by atomic mass is 16.5. The molecule has 1 aliphatic rings. The number of methoxy groups -OCH3 is 1. The van der Waals surface area contributed by atoms with Crippen LogP contribution in [0.1, 0.15) is 57.9 Å². The monoisotopic (exact) mass is 318 g/mol. The van der Waals surface area contributed by atoms with Crippen molar-refractivity contribution in [3.05, 3.63) is 23.8 Å². The van der Waals surface area contributed by atoms with Gasteiger partial charge in [0, 0.05) is 12.6 Å². The van der Waals surface area contributed by atoms with Gasteiger partial charge in [-0.05, 0) is 56.7 Å². The van der Waals surface area contributed by atoms with Crippen LogP contribution in [-0.4, -0.2) is 25.7 Å². The maximum atomic E-state index is 12.0. The maximum Gasteiger partial charge on any atom is 0.313 e. The summed E-state index contributed by atoms with van der Waals surface area (Å²) in [5.74, 6) is 0.398. The first-order valence-corrected chi connectivity index (χ1v) is 8.71. The molecule has 23 heavy (non-hydrogen) atoms. The number of carbonyl (C=O) groups excluding carboxylic acids is 1. The normalized spacial score (nSPS) is 15.5. The van der Waals surface area contributed by atoms with Crippen molar-refractivity contribution in [1.82, 2.24) is 0 Å². The molecular weight excluding hydrogens is 288 g/mol. The van der Waals surface area contributed by atoms with E-state index < -0.39 is 0 Å². The van der Waals surface area contributed by atoms with Crippen molar-refractivity contribution in [1.29, 1.82) is 0 Å². The van der Waals surface area contributed by atoms with Crippen LogP contribution in [0.2, 0.25) is 0 Å². The van der Waals surface area contributed by atoms with Crippen LogP contribution in [0.5, 0.6) is 0 Å². The van der Waals surface area contributed by atoms with Crippen LogP contribution in [0.15, 0.2) is 18.2 Å². The predicted molar refractivity (Wildman–Crippen MR) is 95.7 cm³/mol. The first kappa shape index (κ1) is 17.6. The molecule has 4 nitrogen and oxygen atoms in total. The first-order chi connectivity index (χ1) is 11.0. The van der Waals surface area contributed by atoms with Crippen molar-refractivity contribution in [2.45, 2.75) is 58.4 Å². The van der Waals surface area contributed by atoms with Crippen LogP contribution < -0.4 is 10.6 Å². The third-order valence-corrected chi connectivity index (χ3v) is 4.60. The fourth-order valence-corrected chi connectivity index (χ4v) is 3.07. The Labute approximate surface area is 140 Å². The molecule has 0 spiro atoms. The quantitative estimate of drug-likeness (QED) is 0.582. The Kier molecular flexibility index (Phi) is 5.91. The number of nitrogens with two attached hydrogens (primary N) is 1. The highest BCUT2D eigenvalue weighted by Crippen LogP contribution is 2.36. The number of nitrogen functional groups attached to an aromatic ring is 1. The molecule has 2 rings (SSSR count). The zero-order valence-electron chi connectivity index (χ0n) is 14.8.